The Balaban J connectivity index is 0.00000161. The molecule has 1 aliphatic carbocycles. The summed E-state index contributed by atoms with van der Waals surface area (Å²) in [4.78, 5) is 14.1. The van der Waals surface area contributed by atoms with E-state index in [4.69, 9.17) is 4.74 Å². The second kappa shape index (κ2) is 6.80. The third-order valence-electron chi connectivity index (χ3n) is 4.88. The van der Waals surface area contributed by atoms with Gasteiger partial charge in [0.25, 0.3) is 0 Å². The van der Waals surface area contributed by atoms with Crippen LogP contribution in [0.15, 0.2) is 30.3 Å². The monoisotopic (exact) mass is 309 g/mol. The standard InChI is InChI=1S/C17H23NO2.ClH/c1-2-20-16(19)17(14-8-4-3-5-9-14)12-15(17)13-18-10-6-7-11-18;/h3-5,8-9,15H,2,6-7,10-13H2,1H3;1H/t15-,17+;/m1./s1. The molecule has 0 spiro atoms. The van der Waals surface area contributed by atoms with Crippen molar-refractivity contribution in [2.75, 3.05) is 26.2 Å². The number of halogens is 1. The lowest BCUT2D eigenvalue weighted by molar-refractivity contribution is -0.889. The summed E-state index contributed by atoms with van der Waals surface area (Å²) in [5.41, 5.74) is 0.786. The van der Waals surface area contributed by atoms with Crippen LogP contribution in [-0.4, -0.2) is 32.2 Å². The van der Waals surface area contributed by atoms with Crippen LogP contribution in [0, 0.1) is 5.92 Å². The topological polar surface area (TPSA) is 30.7 Å². The van der Waals surface area contributed by atoms with Crippen molar-refractivity contribution in [3.63, 3.8) is 0 Å². The SMILES string of the molecule is CCOC(=O)[C@]1(c2ccccc2)C[C@@H]1C[NH+]1CCCC1.[Cl-]. The summed E-state index contributed by atoms with van der Waals surface area (Å²) in [5, 5.41) is 0. The van der Waals surface area contributed by atoms with Crippen LogP contribution in [0.2, 0.25) is 0 Å². The van der Waals surface area contributed by atoms with Gasteiger partial charge in [0.2, 0.25) is 0 Å². The molecule has 0 amide bonds. The number of hydrogen-bond acceptors (Lipinski definition) is 2. The average molecular weight is 310 g/mol. The van der Waals surface area contributed by atoms with Gasteiger partial charge in [-0.1, -0.05) is 30.3 Å². The van der Waals surface area contributed by atoms with Crippen molar-refractivity contribution in [3.05, 3.63) is 35.9 Å². The summed E-state index contributed by atoms with van der Waals surface area (Å²) in [5.74, 6) is 0.437. The van der Waals surface area contributed by atoms with Crippen molar-refractivity contribution in [2.24, 2.45) is 5.92 Å². The second-order valence-corrected chi connectivity index (χ2v) is 6.12. The molecule has 0 aromatic heterocycles. The minimum absolute atomic E-state index is 0. The predicted molar refractivity (Wildman–Crippen MR) is 77.7 cm³/mol. The summed E-state index contributed by atoms with van der Waals surface area (Å²) >= 11 is 0. The predicted octanol–water partition coefficient (Wildman–Crippen LogP) is -1.81. The molecular formula is C17H24ClNO2. The molecule has 0 bridgehead atoms. The molecule has 21 heavy (non-hydrogen) atoms. The van der Waals surface area contributed by atoms with Crippen LogP contribution in [-0.2, 0) is 14.9 Å². The molecule has 2 atom stereocenters. The lowest BCUT2D eigenvalue weighted by atomic mass is 9.93. The van der Waals surface area contributed by atoms with Gasteiger partial charge in [-0.15, -0.1) is 0 Å². The fourth-order valence-corrected chi connectivity index (χ4v) is 3.72. The van der Waals surface area contributed by atoms with E-state index in [0.29, 0.717) is 12.5 Å². The van der Waals surface area contributed by atoms with E-state index in [0.717, 1.165) is 18.5 Å². The molecule has 116 valence electrons. The van der Waals surface area contributed by atoms with Crippen LogP contribution in [0.3, 0.4) is 0 Å². The van der Waals surface area contributed by atoms with Crippen molar-refractivity contribution >= 4 is 5.97 Å². The molecule has 4 heteroatoms. The highest BCUT2D eigenvalue weighted by Gasteiger charge is 2.63. The van der Waals surface area contributed by atoms with Gasteiger partial charge < -0.3 is 22.0 Å². The summed E-state index contributed by atoms with van der Waals surface area (Å²) in [6.45, 7) is 6.01. The molecule has 1 saturated heterocycles. The highest BCUT2D eigenvalue weighted by Crippen LogP contribution is 2.54. The Morgan fingerprint density at radius 3 is 2.57 bits per heavy atom. The Kier molecular flexibility index (Phi) is 5.28. The van der Waals surface area contributed by atoms with Gasteiger partial charge in [0.05, 0.1) is 26.2 Å². The molecule has 1 N–H and O–H groups in total. The van der Waals surface area contributed by atoms with E-state index in [-0.39, 0.29) is 23.8 Å². The highest BCUT2D eigenvalue weighted by atomic mass is 35.5. The number of hydrogen-bond donors (Lipinski definition) is 1. The molecule has 0 radical (unpaired) electrons. The van der Waals surface area contributed by atoms with Crippen molar-refractivity contribution in [3.8, 4) is 0 Å². The average Bonchev–Trinajstić information content (AvgIpc) is 2.95. The zero-order valence-corrected chi connectivity index (χ0v) is 13.4. The van der Waals surface area contributed by atoms with Gasteiger partial charge >= 0.3 is 5.97 Å². The van der Waals surface area contributed by atoms with Crippen molar-refractivity contribution in [2.45, 2.75) is 31.6 Å². The fraction of sp³-hybridized carbons (Fsp3) is 0.588. The van der Waals surface area contributed by atoms with Crippen LogP contribution >= 0.6 is 0 Å². The first-order valence-corrected chi connectivity index (χ1v) is 7.83. The third-order valence-corrected chi connectivity index (χ3v) is 4.88. The number of esters is 1. The second-order valence-electron chi connectivity index (χ2n) is 6.12. The van der Waals surface area contributed by atoms with E-state index in [1.54, 1.807) is 4.90 Å². The lowest BCUT2D eigenvalue weighted by Crippen LogP contribution is -3.10. The molecule has 1 aromatic rings. The number of ether oxygens (including phenoxy) is 1. The Labute approximate surface area is 133 Å². The van der Waals surface area contributed by atoms with Gasteiger partial charge in [-0.3, -0.25) is 4.79 Å². The lowest BCUT2D eigenvalue weighted by Gasteiger charge is -2.18. The van der Waals surface area contributed by atoms with Gasteiger partial charge in [0.15, 0.2) is 0 Å². The molecular weight excluding hydrogens is 286 g/mol. The molecule has 3 nitrogen and oxygen atoms in total. The molecule has 3 rings (SSSR count). The zero-order chi connectivity index (χ0) is 14.0. The number of benzene rings is 1. The van der Waals surface area contributed by atoms with Crippen molar-refractivity contribution in [1.82, 2.24) is 0 Å². The maximum absolute atomic E-state index is 12.5. The van der Waals surface area contributed by atoms with E-state index < -0.39 is 0 Å². The fourth-order valence-electron chi connectivity index (χ4n) is 3.72. The Bertz CT molecular complexity index is 473. The summed E-state index contributed by atoms with van der Waals surface area (Å²) in [6, 6.07) is 10.2. The number of rotatable bonds is 5. The first-order valence-electron chi connectivity index (χ1n) is 7.83. The first kappa shape index (κ1) is 16.3. The van der Waals surface area contributed by atoms with Crippen LogP contribution in [0.4, 0.5) is 0 Å². The van der Waals surface area contributed by atoms with Crippen molar-refractivity contribution in [1.29, 1.82) is 0 Å². The van der Waals surface area contributed by atoms with Crippen LogP contribution in [0.1, 0.15) is 31.7 Å². The number of carbonyl (C=O) groups is 1. The quantitative estimate of drug-likeness (QED) is 0.650. The molecule has 1 heterocycles. The Hall–Kier alpha value is -1.06. The third kappa shape index (κ3) is 3.09. The van der Waals surface area contributed by atoms with Crippen LogP contribution in [0.25, 0.3) is 0 Å². The van der Waals surface area contributed by atoms with Gasteiger partial charge in [-0.05, 0) is 18.9 Å². The van der Waals surface area contributed by atoms with E-state index in [1.807, 2.05) is 25.1 Å². The van der Waals surface area contributed by atoms with Crippen molar-refractivity contribution < 1.29 is 26.8 Å². The highest BCUT2D eigenvalue weighted by molar-refractivity contribution is 5.87. The van der Waals surface area contributed by atoms with E-state index in [2.05, 4.69) is 12.1 Å². The summed E-state index contributed by atoms with van der Waals surface area (Å²) in [6.07, 6.45) is 3.62. The molecule has 1 aromatic carbocycles. The largest absolute Gasteiger partial charge is 1.00 e. The smallest absolute Gasteiger partial charge is 0.317 e. The number of carbonyl (C=O) groups excluding carboxylic acids is 1. The van der Waals surface area contributed by atoms with Gasteiger partial charge in [0, 0.05) is 18.8 Å². The molecule has 1 aliphatic heterocycles. The Morgan fingerprint density at radius 2 is 1.95 bits per heavy atom. The molecule has 2 fully saturated rings. The number of quaternary nitrogens is 1. The van der Waals surface area contributed by atoms with Gasteiger partial charge in [-0.25, -0.2) is 0 Å². The normalized spacial score (nSPS) is 28.0. The minimum Gasteiger partial charge on any atom is -1.00 e. The maximum Gasteiger partial charge on any atom is 0.317 e. The molecule has 2 aliphatic rings. The summed E-state index contributed by atoms with van der Waals surface area (Å²) < 4.78 is 5.37. The molecule has 0 unspecified atom stereocenters. The number of nitrogens with one attached hydrogen (secondary N) is 1. The Morgan fingerprint density at radius 1 is 1.29 bits per heavy atom. The minimum atomic E-state index is -0.354. The molecule has 1 saturated carbocycles. The van der Waals surface area contributed by atoms with E-state index >= 15 is 0 Å². The summed E-state index contributed by atoms with van der Waals surface area (Å²) in [7, 11) is 0. The van der Waals surface area contributed by atoms with E-state index in [1.165, 1.54) is 25.9 Å². The van der Waals surface area contributed by atoms with Crippen LogP contribution in [0.5, 0.6) is 0 Å². The van der Waals surface area contributed by atoms with Gasteiger partial charge in [0.1, 0.15) is 5.41 Å². The van der Waals surface area contributed by atoms with Crippen LogP contribution < -0.4 is 17.3 Å². The maximum atomic E-state index is 12.5. The first-order chi connectivity index (χ1) is 9.77. The zero-order valence-electron chi connectivity index (χ0n) is 12.6. The number of likely N-dealkylation sites (tertiary alicyclic amines) is 1. The van der Waals surface area contributed by atoms with Gasteiger partial charge in [-0.2, -0.15) is 0 Å². The van der Waals surface area contributed by atoms with E-state index in [9.17, 15) is 4.79 Å².